The molecule has 0 aromatic rings. The van der Waals surface area contributed by atoms with Gasteiger partial charge in [0.15, 0.2) is 0 Å². The van der Waals surface area contributed by atoms with Gasteiger partial charge in [-0.05, 0) is 6.42 Å². The van der Waals surface area contributed by atoms with Gasteiger partial charge in [0.25, 0.3) is 0 Å². The Morgan fingerprint density at radius 3 is 2.56 bits per heavy atom. The first-order chi connectivity index (χ1) is 3.91. The van der Waals surface area contributed by atoms with Crippen LogP contribution in [0.15, 0.2) is 24.8 Å². The van der Waals surface area contributed by atoms with E-state index in [1.54, 1.807) is 0 Å². The number of rotatable bonds is 4. The van der Waals surface area contributed by atoms with Crippen LogP contribution in [0.1, 0.15) is 26.2 Å². The van der Waals surface area contributed by atoms with Crippen LogP contribution in [-0.4, -0.2) is 0 Å². The van der Waals surface area contributed by atoms with E-state index in [0.29, 0.717) is 0 Å². The van der Waals surface area contributed by atoms with Crippen molar-refractivity contribution in [2.75, 3.05) is 0 Å². The molecule has 0 amide bonds. The van der Waals surface area contributed by atoms with Gasteiger partial charge in [0.1, 0.15) is 0 Å². The Morgan fingerprint density at radius 1 is 1.44 bits per heavy atom. The highest BCUT2D eigenvalue weighted by atomic mass is 32.1. The van der Waals surface area contributed by atoms with Gasteiger partial charge < -0.3 is 0 Å². The monoisotopic (exact) mass is 144 g/mol. The molecule has 1 heteroatoms. The molecule has 0 aliphatic heterocycles. The van der Waals surface area contributed by atoms with E-state index in [1.165, 1.54) is 19.3 Å². The lowest BCUT2D eigenvalue weighted by Crippen LogP contribution is -1.64. The zero-order valence-electron chi connectivity index (χ0n) is 6.06. The van der Waals surface area contributed by atoms with Crippen LogP contribution in [0.5, 0.6) is 0 Å². The molecule has 0 aromatic heterocycles. The van der Waals surface area contributed by atoms with Crippen LogP contribution in [0.25, 0.3) is 0 Å². The highest BCUT2D eigenvalue weighted by molar-refractivity contribution is 7.59. The first-order valence-electron chi connectivity index (χ1n) is 3.19. The van der Waals surface area contributed by atoms with Crippen molar-refractivity contribution in [1.29, 1.82) is 0 Å². The molecule has 0 bridgehead atoms. The third-order valence-electron chi connectivity index (χ3n) is 0.997. The van der Waals surface area contributed by atoms with Gasteiger partial charge in [-0.25, -0.2) is 0 Å². The molecule has 0 saturated carbocycles. The third kappa shape index (κ3) is 11.4. The summed E-state index contributed by atoms with van der Waals surface area (Å²) in [6, 6.07) is 0. The largest absolute Gasteiger partial charge is 0.197 e. The van der Waals surface area contributed by atoms with Gasteiger partial charge in [0.2, 0.25) is 0 Å². The molecular weight excluding hydrogens is 128 g/mol. The summed E-state index contributed by atoms with van der Waals surface area (Å²) in [6.45, 7) is 5.77. The topological polar surface area (TPSA) is 0 Å². The molecule has 0 fully saturated rings. The molecule has 54 valence electrons. The lowest BCUT2D eigenvalue weighted by molar-refractivity contribution is 0.815. The SMILES string of the molecule is C=CC=CCCCC.S. The quantitative estimate of drug-likeness (QED) is 0.420. The van der Waals surface area contributed by atoms with Crippen molar-refractivity contribution < 1.29 is 0 Å². The van der Waals surface area contributed by atoms with Crippen molar-refractivity contribution in [2.24, 2.45) is 0 Å². The van der Waals surface area contributed by atoms with Gasteiger partial charge >= 0.3 is 0 Å². The fourth-order valence-electron chi connectivity index (χ4n) is 0.514. The van der Waals surface area contributed by atoms with Crippen molar-refractivity contribution in [3.05, 3.63) is 24.8 Å². The summed E-state index contributed by atoms with van der Waals surface area (Å²) in [4.78, 5) is 0. The summed E-state index contributed by atoms with van der Waals surface area (Å²) >= 11 is 0. The van der Waals surface area contributed by atoms with Gasteiger partial charge in [0, 0.05) is 0 Å². The van der Waals surface area contributed by atoms with Crippen molar-refractivity contribution in [3.8, 4) is 0 Å². The summed E-state index contributed by atoms with van der Waals surface area (Å²) in [5.41, 5.74) is 0. The molecule has 9 heavy (non-hydrogen) atoms. The van der Waals surface area contributed by atoms with Crippen LogP contribution >= 0.6 is 13.5 Å². The predicted molar refractivity (Wildman–Crippen MR) is 49.2 cm³/mol. The first kappa shape index (κ1) is 11.6. The lowest BCUT2D eigenvalue weighted by Gasteiger charge is -1.84. The summed E-state index contributed by atoms with van der Waals surface area (Å²) in [7, 11) is 0. The van der Waals surface area contributed by atoms with Crippen LogP contribution in [0.2, 0.25) is 0 Å². The molecule has 0 atom stereocenters. The van der Waals surface area contributed by atoms with Crippen LogP contribution < -0.4 is 0 Å². The number of hydrogen-bond donors (Lipinski definition) is 0. The molecule has 0 radical (unpaired) electrons. The molecule has 0 rings (SSSR count). The molecule has 0 nitrogen and oxygen atoms in total. The van der Waals surface area contributed by atoms with Crippen molar-refractivity contribution in [3.63, 3.8) is 0 Å². The maximum absolute atomic E-state index is 3.57. The van der Waals surface area contributed by atoms with E-state index in [1.807, 2.05) is 12.2 Å². The molecule has 0 spiro atoms. The Morgan fingerprint density at radius 2 is 2.11 bits per heavy atom. The smallest absolute Gasteiger partial charge is 0.0348 e. The second-order valence-corrected chi connectivity index (χ2v) is 1.81. The second-order valence-electron chi connectivity index (χ2n) is 1.81. The fourth-order valence-corrected chi connectivity index (χ4v) is 0.514. The molecule has 0 aliphatic rings. The first-order valence-corrected chi connectivity index (χ1v) is 3.19. The molecule has 0 aromatic carbocycles. The number of unbranched alkanes of at least 4 members (excludes halogenated alkanes) is 2. The summed E-state index contributed by atoms with van der Waals surface area (Å²) < 4.78 is 0. The minimum absolute atomic E-state index is 0. The molecular formula is C8H16S. The van der Waals surface area contributed by atoms with Crippen LogP contribution in [0.4, 0.5) is 0 Å². The number of allylic oxidation sites excluding steroid dienone is 3. The van der Waals surface area contributed by atoms with E-state index in [9.17, 15) is 0 Å². The standard InChI is InChI=1S/C8H14.H2S/c1-3-5-7-8-6-4-2;/h3,5,7H,1,4,6,8H2,2H3;1H2. The zero-order chi connectivity index (χ0) is 6.24. The van der Waals surface area contributed by atoms with E-state index in [0.717, 1.165) is 0 Å². The van der Waals surface area contributed by atoms with Crippen molar-refractivity contribution in [2.45, 2.75) is 26.2 Å². The van der Waals surface area contributed by atoms with Crippen LogP contribution in [0.3, 0.4) is 0 Å². The zero-order valence-corrected chi connectivity index (χ0v) is 7.06. The van der Waals surface area contributed by atoms with Crippen LogP contribution in [-0.2, 0) is 0 Å². The third-order valence-corrected chi connectivity index (χ3v) is 0.997. The van der Waals surface area contributed by atoms with Crippen molar-refractivity contribution >= 4 is 13.5 Å². The molecule has 0 saturated heterocycles. The summed E-state index contributed by atoms with van der Waals surface area (Å²) in [5.74, 6) is 0. The Balaban J connectivity index is 0. The van der Waals surface area contributed by atoms with Gasteiger partial charge in [-0.15, -0.1) is 0 Å². The lowest BCUT2D eigenvalue weighted by atomic mass is 10.2. The fraction of sp³-hybridized carbons (Fsp3) is 0.500. The number of hydrogen-bond acceptors (Lipinski definition) is 0. The van der Waals surface area contributed by atoms with Crippen LogP contribution in [0, 0.1) is 0 Å². The summed E-state index contributed by atoms with van der Waals surface area (Å²) in [5, 5.41) is 0. The van der Waals surface area contributed by atoms with E-state index in [2.05, 4.69) is 19.6 Å². The normalized spacial score (nSPS) is 9.00. The molecule has 0 N–H and O–H groups in total. The average molecular weight is 144 g/mol. The Labute approximate surface area is 65.1 Å². The van der Waals surface area contributed by atoms with E-state index in [4.69, 9.17) is 0 Å². The van der Waals surface area contributed by atoms with Gasteiger partial charge in [-0.1, -0.05) is 44.6 Å². The van der Waals surface area contributed by atoms with Gasteiger partial charge in [-0.2, -0.15) is 13.5 Å². The average Bonchev–Trinajstić information content (AvgIpc) is 1.81. The minimum Gasteiger partial charge on any atom is -0.197 e. The maximum atomic E-state index is 3.57. The van der Waals surface area contributed by atoms with E-state index >= 15 is 0 Å². The highest BCUT2D eigenvalue weighted by Crippen LogP contribution is 1.93. The highest BCUT2D eigenvalue weighted by Gasteiger charge is 1.73. The molecule has 0 aliphatic carbocycles. The minimum atomic E-state index is 0. The molecule has 0 heterocycles. The van der Waals surface area contributed by atoms with Gasteiger partial charge in [0.05, 0.1) is 0 Å². The van der Waals surface area contributed by atoms with Gasteiger partial charge in [-0.3, -0.25) is 0 Å². The Hall–Kier alpha value is -0.170. The van der Waals surface area contributed by atoms with Crippen molar-refractivity contribution in [1.82, 2.24) is 0 Å². The summed E-state index contributed by atoms with van der Waals surface area (Å²) in [6.07, 6.45) is 9.73. The Kier molecular flexibility index (Phi) is 13.9. The second kappa shape index (κ2) is 10.7. The predicted octanol–water partition coefficient (Wildman–Crippen LogP) is 3.03. The maximum Gasteiger partial charge on any atom is -0.0348 e. The van der Waals surface area contributed by atoms with E-state index in [-0.39, 0.29) is 13.5 Å². The van der Waals surface area contributed by atoms with E-state index < -0.39 is 0 Å². The molecule has 0 unspecified atom stereocenters. The Bertz CT molecular complexity index is 74.6.